The Morgan fingerprint density at radius 1 is 0.947 bits per heavy atom. The van der Waals surface area contributed by atoms with E-state index in [4.69, 9.17) is 16.0 Å². The molecule has 2 aromatic carbocycles. The van der Waals surface area contributed by atoms with Crippen LogP contribution in [0, 0.1) is 0 Å². The summed E-state index contributed by atoms with van der Waals surface area (Å²) >= 11 is 6.51. The molecule has 0 saturated carbocycles. The smallest absolute Gasteiger partial charge is 0.261 e. The van der Waals surface area contributed by atoms with Crippen LogP contribution >= 0.6 is 11.6 Å². The average molecular weight is 269 g/mol. The van der Waals surface area contributed by atoms with Crippen molar-refractivity contribution in [3.05, 3.63) is 53.6 Å². The number of fused-ring (bicyclic) bond motifs is 4. The molecule has 0 fully saturated rings. The zero-order valence-electron chi connectivity index (χ0n) is 10.4. The molecule has 2 aromatic heterocycles. The van der Waals surface area contributed by atoms with Crippen molar-refractivity contribution in [3.63, 3.8) is 0 Å². The minimum absolute atomic E-state index is 0.680. The van der Waals surface area contributed by atoms with Gasteiger partial charge in [-0.05, 0) is 18.2 Å². The molecule has 0 N–H and O–H groups in total. The van der Waals surface area contributed by atoms with Gasteiger partial charge in [0, 0.05) is 6.07 Å². The van der Waals surface area contributed by atoms with Crippen LogP contribution in [-0.2, 0) is 7.05 Å². The second-order valence-corrected chi connectivity index (χ2v) is 5.04. The first-order valence-electron chi connectivity index (χ1n) is 6.15. The molecule has 0 atom stereocenters. The van der Waals surface area contributed by atoms with Crippen molar-refractivity contribution in [2.75, 3.05) is 0 Å². The third-order valence-electron chi connectivity index (χ3n) is 3.61. The first-order valence-corrected chi connectivity index (χ1v) is 6.52. The van der Waals surface area contributed by atoms with E-state index in [0.717, 1.165) is 33.0 Å². The Hall–Kier alpha value is -2.06. The number of rotatable bonds is 0. The molecule has 19 heavy (non-hydrogen) atoms. The summed E-state index contributed by atoms with van der Waals surface area (Å²) in [5.74, 6) is 0. The fraction of sp³-hybridized carbons (Fsp3) is 0.0625. The molecule has 0 amide bonds. The molecular weight excluding hydrogens is 258 g/mol. The lowest BCUT2D eigenvalue weighted by Crippen LogP contribution is -2.29. The summed E-state index contributed by atoms with van der Waals surface area (Å²) < 4.78 is 8.06. The molecule has 0 spiro atoms. The highest BCUT2D eigenvalue weighted by Crippen LogP contribution is 2.34. The van der Waals surface area contributed by atoms with Crippen LogP contribution in [0.15, 0.2) is 52.9 Å². The molecule has 0 aliphatic carbocycles. The Morgan fingerprint density at radius 3 is 2.47 bits per heavy atom. The largest absolute Gasteiger partial charge is 0.448 e. The van der Waals surface area contributed by atoms with Crippen LogP contribution in [0.4, 0.5) is 0 Å². The van der Waals surface area contributed by atoms with E-state index in [1.54, 1.807) is 0 Å². The van der Waals surface area contributed by atoms with Gasteiger partial charge in [0.2, 0.25) is 11.1 Å². The number of aromatic nitrogens is 1. The number of benzene rings is 2. The first-order chi connectivity index (χ1) is 9.27. The van der Waals surface area contributed by atoms with Crippen molar-refractivity contribution < 1.29 is 8.98 Å². The Balaban J connectivity index is 2.39. The predicted octanol–water partition coefficient (Wildman–Crippen LogP) is 4.22. The Kier molecular flexibility index (Phi) is 2.12. The predicted molar refractivity (Wildman–Crippen MR) is 77.4 cm³/mol. The van der Waals surface area contributed by atoms with Crippen LogP contribution in [0.3, 0.4) is 0 Å². The lowest BCUT2D eigenvalue weighted by molar-refractivity contribution is -0.616. The lowest BCUT2D eigenvalue weighted by atomic mass is 10.1. The number of nitrogens with zero attached hydrogens (tertiary/aromatic N) is 1. The summed E-state index contributed by atoms with van der Waals surface area (Å²) in [6, 6.07) is 16.1. The maximum Gasteiger partial charge on any atom is 0.261 e. The second-order valence-electron chi connectivity index (χ2n) is 4.67. The maximum atomic E-state index is 6.51. The quantitative estimate of drug-likeness (QED) is 0.437. The van der Waals surface area contributed by atoms with Crippen LogP contribution in [0.1, 0.15) is 0 Å². The molecule has 4 rings (SSSR count). The Labute approximate surface area is 114 Å². The molecule has 0 aliphatic heterocycles. The van der Waals surface area contributed by atoms with Gasteiger partial charge in [-0.2, -0.15) is 4.57 Å². The first kappa shape index (κ1) is 10.8. The van der Waals surface area contributed by atoms with Crippen LogP contribution in [0.5, 0.6) is 0 Å². The monoisotopic (exact) mass is 268 g/mol. The van der Waals surface area contributed by atoms with Crippen molar-refractivity contribution in [3.8, 4) is 0 Å². The molecule has 2 nitrogen and oxygen atoms in total. The maximum absolute atomic E-state index is 6.51. The third kappa shape index (κ3) is 1.35. The van der Waals surface area contributed by atoms with E-state index in [1.807, 2.05) is 43.4 Å². The SMILES string of the molecule is C[n+]1c2ccccc2c(Cl)c2oc3ccccc3c21. The topological polar surface area (TPSA) is 17.0 Å². The highest BCUT2D eigenvalue weighted by atomic mass is 35.5. The number of aryl methyl sites for hydroxylation is 1. The van der Waals surface area contributed by atoms with E-state index >= 15 is 0 Å². The highest BCUT2D eigenvalue weighted by Gasteiger charge is 2.22. The Bertz CT molecular complexity index is 940. The van der Waals surface area contributed by atoms with Gasteiger partial charge in [0.05, 0.1) is 10.8 Å². The van der Waals surface area contributed by atoms with Crippen molar-refractivity contribution in [2.45, 2.75) is 0 Å². The van der Waals surface area contributed by atoms with Crippen molar-refractivity contribution in [1.82, 2.24) is 0 Å². The van der Waals surface area contributed by atoms with E-state index in [2.05, 4.69) is 16.7 Å². The van der Waals surface area contributed by atoms with Gasteiger partial charge >= 0.3 is 0 Å². The van der Waals surface area contributed by atoms with Gasteiger partial charge in [-0.3, -0.25) is 0 Å². The number of halogens is 1. The van der Waals surface area contributed by atoms with E-state index in [9.17, 15) is 0 Å². The van der Waals surface area contributed by atoms with E-state index in [1.165, 1.54) is 0 Å². The average Bonchev–Trinajstić information content (AvgIpc) is 2.84. The van der Waals surface area contributed by atoms with Crippen molar-refractivity contribution in [2.24, 2.45) is 7.05 Å². The zero-order valence-corrected chi connectivity index (χ0v) is 11.1. The molecule has 4 aromatic rings. The lowest BCUT2D eigenvalue weighted by Gasteiger charge is -2.00. The van der Waals surface area contributed by atoms with Crippen molar-refractivity contribution in [1.29, 1.82) is 0 Å². The van der Waals surface area contributed by atoms with Gasteiger partial charge in [-0.25, -0.2) is 0 Å². The molecule has 0 radical (unpaired) electrons. The van der Waals surface area contributed by atoms with E-state index in [-0.39, 0.29) is 0 Å². The van der Waals surface area contributed by atoms with Crippen LogP contribution < -0.4 is 4.57 Å². The number of hydrogen-bond acceptors (Lipinski definition) is 1. The summed E-state index contributed by atoms with van der Waals surface area (Å²) in [5, 5.41) is 2.78. The highest BCUT2D eigenvalue weighted by molar-refractivity contribution is 6.39. The van der Waals surface area contributed by atoms with Gasteiger partial charge in [-0.15, -0.1) is 0 Å². The third-order valence-corrected chi connectivity index (χ3v) is 3.98. The molecular formula is C16H11ClNO+. The molecule has 2 heterocycles. The summed E-state index contributed by atoms with van der Waals surface area (Å²) in [4.78, 5) is 0. The summed E-state index contributed by atoms with van der Waals surface area (Å²) in [5.41, 5.74) is 3.76. The second kappa shape index (κ2) is 3.72. The van der Waals surface area contributed by atoms with Gasteiger partial charge in [0.1, 0.15) is 17.7 Å². The zero-order chi connectivity index (χ0) is 13.0. The number of pyridine rings is 1. The van der Waals surface area contributed by atoms with Gasteiger partial charge in [-0.1, -0.05) is 35.9 Å². The minimum Gasteiger partial charge on any atom is -0.448 e. The van der Waals surface area contributed by atoms with Gasteiger partial charge < -0.3 is 4.42 Å². The molecule has 92 valence electrons. The van der Waals surface area contributed by atoms with E-state index in [0.29, 0.717) is 5.02 Å². The number of furan rings is 1. The standard InChI is InChI=1S/C16H11ClNO/c1-18-12-8-4-2-6-10(12)14(17)16-15(18)11-7-3-5-9-13(11)19-16/h2-9H,1H3/q+1. The molecule has 3 heteroatoms. The summed E-state index contributed by atoms with van der Waals surface area (Å²) in [6.07, 6.45) is 0. The minimum atomic E-state index is 0.680. The number of hydrogen-bond donors (Lipinski definition) is 0. The van der Waals surface area contributed by atoms with E-state index < -0.39 is 0 Å². The van der Waals surface area contributed by atoms with Gasteiger partial charge in [0.25, 0.3) is 5.52 Å². The molecule has 0 aliphatic rings. The summed E-state index contributed by atoms with van der Waals surface area (Å²) in [7, 11) is 2.04. The van der Waals surface area contributed by atoms with Crippen LogP contribution in [-0.4, -0.2) is 0 Å². The molecule has 0 unspecified atom stereocenters. The van der Waals surface area contributed by atoms with Crippen LogP contribution in [0.25, 0.3) is 33.0 Å². The normalized spacial score (nSPS) is 11.7. The summed E-state index contributed by atoms with van der Waals surface area (Å²) in [6.45, 7) is 0. The van der Waals surface area contributed by atoms with Crippen molar-refractivity contribution >= 4 is 44.6 Å². The van der Waals surface area contributed by atoms with Gasteiger partial charge in [0.15, 0.2) is 0 Å². The molecule has 0 saturated heterocycles. The van der Waals surface area contributed by atoms with Crippen LogP contribution in [0.2, 0.25) is 5.02 Å². The number of para-hydroxylation sites is 2. The Morgan fingerprint density at radius 2 is 1.63 bits per heavy atom. The molecule has 0 bridgehead atoms. The fourth-order valence-electron chi connectivity index (χ4n) is 2.71. The fourth-order valence-corrected chi connectivity index (χ4v) is 3.00.